The summed E-state index contributed by atoms with van der Waals surface area (Å²) in [6.45, 7) is 8.84. The van der Waals surface area contributed by atoms with Crippen molar-refractivity contribution < 1.29 is 41.8 Å². The van der Waals surface area contributed by atoms with Crippen LogP contribution >= 0.6 is 0 Å². The summed E-state index contributed by atoms with van der Waals surface area (Å²) in [6.07, 6.45) is 2.86. The van der Waals surface area contributed by atoms with Crippen molar-refractivity contribution in [1.82, 2.24) is 25.2 Å². The van der Waals surface area contributed by atoms with Crippen LogP contribution in [0, 0.1) is 5.92 Å². The molecule has 14 nitrogen and oxygen atoms in total. The largest absolute Gasteiger partial charge is 0.497 e. The van der Waals surface area contributed by atoms with E-state index in [1.54, 1.807) is 59.9 Å². The van der Waals surface area contributed by atoms with Gasteiger partial charge in [0.2, 0.25) is 11.8 Å². The molecule has 15 heteroatoms. The number of likely N-dealkylation sites (tertiary alicyclic amines) is 1. The Kier molecular flexibility index (Phi) is 12.5. The molecule has 2 heterocycles. The minimum absolute atomic E-state index is 0.00619. The molecule has 4 aromatic rings. The lowest BCUT2D eigenvalue weighted by atomic mass is 9.76. The fraction of sp³-hybridized carbons (Fsp3) is 0.457. The zero-order valence-corrected chi connectivity index (χ0v) is 36.4. The molecule has 0 bridgehead atoms. The maximum Gasteiger partial charge on any atom is 0.408 e. The van der Waals surface area contributed by atoms with E-state index in [0.717, 1.165) is 47.0 Å². The first-order valence-electron chi connectivity index (χ1n) is 20.9. The number of sulfonamides is 1. The molecule has 3 aliphatic rings. The van der Waals surface area contributed by atoms with Crippen molar-refractivity contribution in [2.24, 2.45) is 5.92 Å². The van der Waals surface area contributed by atoms with Crippen molar-refractivity contribution in [3.05, 3.63) is 89.5 Å². The number of carbonyl (C=O) groups is 4. The van der Waals surface area contributed by atoms with Crippen LogP contribution in [0.25, 0.3) is 22.2 Å². The number of hydrogen-bond acceptors (Lipinski definition) is 10. The van der Waals surface area contributed by atoms with E-state index in [2.05, 4.69) is 33.6 Å². The molecule has 4 amide bonds. The first kappa shape index (κ1) is 43.5. The van der Waals surface area contributed by atoms with Crippen LogP contribution < -0.4 is 20.1 Å². The molecule has 324 valence electrons. The third-order valence-corrected chi connectivity index (χ3v) is 13.1. The highest BCUT2D eigenvalue weighted by Gasteiger charge is 2.50. The molecule has 3 aromatic carbocycles. The molecule has 0 unspecified atom stereocenters. The second-order valence-electron chi connectivity index (χ2n) is 17.6. The second kappa shape index (κ2) is 17.4. The number of aromatic nitrogens is 1. The molecule has 1 aliphatic heterocycles. The Labute approximate surface area is 357 Å². The number of amides is 4. The number of rotatable bonds is 13. The summed E-state index contributed by atoms with van der Waals surface area (Å²) in [5, 5.41) is 6.41. The lowest BCUT2D eigenvalue weighted by Gasteiger charge is -2.41. The maximum atomic E-state index is 14.5. The standard InChI is InChI=1S/C46H55N5O9S/c1-28(2)40(48-44(55)60-45(3,4)5)42(53)51-26-34(25-39(51)41(52)49-46(20-11-21-46)43(54)50-61(56,57)35-14-8-7-9-15-35)59-27-32-23-37(31-17-16-29-12-10-13-30(29)22-31)47-38-24-33(58-6)18-19-36(32)38/h7-9,14-19,22-24,28,34,39-40H,10-13,20-21,25-27H2,1-6H3,(H,48,55)(H,49,52)(H,50,54)/t34-,39+,40+/m1/s1. The average Bonchev–Trinajstić information content (AvgIpc) is 3.86. The topological polar surface area (TPSA) is 182 Å². The predicted octanol–water partition coefficient (Wildman–Crippen LogP) is 5.98. The van der Waals surface area contributed by atoms with E-state index in [1.807, 2.05) is 24.3 Å². The Morgan fingerprint density at radius 1 is 0.934 bits per heavy atom. The first-order valence-corrected chi connectivity index (χ1v) is 22.4. The van der Waals surface area contributed by atoms with E-state index in [9.17, 15) is 27.6 Å². The van der Waals surface area contributed by atoms with Crippen LogP contribution in [0.5, 0.6) is 5.75 Å². The summed E-state index contributed by atoms with van der Waals surface area (Å²) < 4.78 is 46.1. The van der Waals surface area contributed by atoms with Gasteiger partial charge in [0.1, 0.15) is 29.0 Å². The van der Waals surface area contributed by atoms with Crippen LogP contribution in [-0.4, -0.2) is 85.1 Å². The Morgan fingerprint density at radius 3 is 2.34 bits per heavy atom. The van der Waals surface area contributed by atoms with E-state index in [4.69, 9.17) is 19.2 Å². The molecule has 61 heavy (non-hydrogen) atoms. The average molecular weight is 854 g/mol. The van der Waals surface area contributed by atoms with E-state index < -0.39 is 69.1 Å². The quantitative estimate of drug-likeness (QED) is 0.145. The molecule has 7 rings (SSSR count). The number of benzene rings is 3. The Hall–Kier alpha value is -5.54. The Balaban J connectivity index is 1.16. The lowest BCUT2D eigenvalue weighted by molar-refractivity contribution is -0.144. The minimum atomic E-state index is -4.23. The van der Waals surface area contributed by atoms with Crippen LogP contribution in [0.3, 0.4) is 0 Å². The smallest absolute Gasteiger partial charge is 0.408 e. The van der Waals surface area contributed by atoms with Gasteiger partial charge in [-0.2, -0.15) is 0 Å². The third kappa shape index (κ3) is 9.68. The van der Waals surface area contributed by atoms with Crippen LogP contribution in [0.1, 0.15) is 83.4 Å². The van der Waals surface area contributed by atoms with E-state index >= 15 is 0 Å². The number of ether oxygens (including phenoxy) is 3. The molecular weight excluding hydrogens is 799 g/mol. The first-order chi connectivity index (χ1) is 28.9. The van der Waals surface area contributed by atoms with Crippen LogP contribution in [0.4, 0.5) is 4.79 Å². The normalized spacial score (nSPS) is 18.8. The number of nitrogens with zero attached hydrogens (tertiary/aromatic N) is 2. The summed E-state index contributed by atoms with van der Waals surface area (Å²) in [5.41, 5.74) is 3.69. The van der Waals surface area contributed by atoms with Gasteiger partial charge in [-0.3, -0.25) is 14.4 Å². The zero-order valence-electron chi connectivity index (χ0n) is 35.6. The number of pyridine rings is 1. The molecule has 2 fully saturated rings. The summed E-state index contributed by atoms with van der Waals surface area (Å²) in [7, 11) is -2.62. The molecular formula is C46H55N5O9S. The highest BCUT2D eigenvalue weighted by Crippen LogP contribution is 2.35. The molecule has 0 radical (unpaired) electrons. The molecule has 3 atom stereocenters. The van der Waals surface area contributed by atoms with Crippen molar-refractivity contribution >= 4 is 44.7 Å². The summed E-state index contributed by atoms with van der Waals surface area (Å²) in [5.74, 6) is -1.75. The summed E-state index contributed by atoms with van der Waals surface area (Å²) >= 11 is 0. The third-order valence-electron chi connectivity index (χ3n) is 11.7. The molecule has 1 saturated carbocycles. The van der Waals surface area contributed by atoms with E-state index in [0.29, 0.717) is 12.2 Å². The van der Waals surface area contributed by atoms with Gasteiger partial charge < -0.3 is 29.7 Å². The number of fused-ring (bicyclic) bond motifs is 2. The molecule has 1 aromatic heterocycles. The molecule has 3 N–H and O–H groups in total. The van der Waals surface area contributed by atoms with Crippen LogP contribution in [-0.2, 0) is 53.3 Å². The van der Waals surface area contributed by atoms with Gasteiger partial charge in [0.15, 0.2) is 0 Å². The van der Waals surface area contributed by atoms with Crippen molar-refractivity contribution in [2.45, 2.75) is 120 Å². The SMILES string of the molecule is COc1ccc2c(CO[C@@H]3C[C@@H](C(=O)NC4(C(=O)NS(=O)(=O)c5ccccc5)CCC4)N(C(=O)[C@@H](NC(=O)OC(C)(C)C)C(C)C)C3)cc(-c3ccc4c(c3)CCC4)nc2c1. The van der Waals surface area contributed by atoms with Gasteiger partial charge in [0, 0.05) is 30.0 Å². The number of methoxy groups -OCH3 is 1. The van der Waals surface area contributed by atoms with Gasteiger partial charge >= 0.3 is 6.09 Å². The fourth-order valence-corrected chi connectivity index (χ4v) is 9.36. The Morgan fingerprint density at radius 2 is 1.67 bits per heavy atom. The van der Waals surface area contributed by atoms with Crippen LogP contribution in [0.15, 0.2) is 77.7 Å². The molecule has 2 aliphatic carbocycles. The van der Waals surface area contributed by atoms with Gasteiger partial charge in [-0.1, -0.05) is 44.2 Å². The summed E-state index contributed by atoms with van der Waals surface area (Å²) in [6, 6.07) is 19.5. The van der Waals surface area contributed by atoms with Crippen molar-refractivity contribution in [3.63, 3.8) is 0 Å². The second-order valence-corrected chi connectivity index (χ2v) is 19.3. The zero-order chi connectivity index (χ0) is 43.7. The van der Waals surface area contributed by atoms with Gasteiger partial charge in [-0.15, -0.1) is 0 Å². The van der Waals surface area contributed by atoms with Crippen molar-refractivity contribution in [1.29, 1.82) is 0 Å². The van der Waals surface area contributed by atoms with Crippen LogP contribution in [0.2, 0.25) is 0 Å². The number of aryl methyl sites for hydroxylation is 2. The maximum absolute atomic E-state index is 14.5. The highest BCUT2D eigenvalue weighted by atomic mass is 32.2. The van der Waals surface area contributed by atoms with Gasteiger partial charge in [0.05, 0.1) is 35.9 Å². The number of nitrogens with one attached hydrogen (secondary N) is 3. The van der Waals surface area contributed by atoms with E-state index in [-0.39, 0.29) is 37.3 Å². The van der Waals surface area contributed by atoms with E-state index in [1.165, 1.54) is 28.2 Å². The number of alkyl carbamates (subject to hydrolysis) is 1. The van der Waals surface area contributed by atoms with Gasteiger partial charge in [-0.25, -0.2) is 22.9 Å². The fourth-order valence-electron chi connectivity index (χ4n) is 8.29. The van der Waals surface area contributed by atoms with Gasteiger partial charge in [0.25, 0.3) is 15.9 Å². The lowest BCUT2D eigenvalue weighted by Crippen LogP contribution is -2.66. The number of hydrogen-bond donors (Lipinski definition) is 3. The Bertz CT molecular complexity index is 2430. The monoisotopic (exact) mass is 853 g/mol. The highest BCUT2D eigenvalue weighted by molar-refractivity contribution is 7.90. The predicted molar refractivity (Wildman–Crippen MR) is 229 cm³/mol. The van der Waals surface area contributed by atoms with Crippen molar-refractivity contribution in [2.75, 3.05) is 13.7 Å². The minimum Gasteiger partial charge on any atom is -0.497 e. The number of carbonyl (C=O) groups excluding carboxylic acids is 4. The summed E-state index contributed by atoms with van der Waals surface area (Å²) in [4.78, 5) is 61.9. The van der Waals surface area contributed by atoms with Crippen molar-refractivity contribution in [3.8, 4) is 17.0 Å². The molecule has 1 saturated heterocycles. The van der Waals surface area contributed by atoms with Gasteiger partial charge in [-0.05, 0) is 118 Å². The molecule has 0 spiro atoms.